The average Bonchev–Trinajstić information content (AvgIpc) is 2.60. The molecule has 0 aliphatic rings. The molecule has 0 saturated heterocycles. The van der Waals surface area contributed by atoms with Crippen LogP contribution in [0.25, 0.3) is 0 Å². The summed E-state index contributed by atoms with van der Waals surface area (Å²) >= 11 is 0. The highest BCUT2D eigenvalue weighted by atomic mass is 16.5. The van der Waals surface area contributed by atoms with E-state index in [4.69, 9.17) is 14.7 Å². The fraction of sp³-hybridized carbons (Fsp3) is 0.263. The van der Waals surface area contributed by atoms with E-state index in [9.17, 15) is 5.26 Å². The Hall–Kier alpha value is -2.98. The maximum absolute atomic E-state index is 9.33. The summed E-state index contributed by atoms with van der Waals surface area (Å²) in [6.07, 6.45) is 0.585. The second-order valence-corrected chi connectivity index (χ2v) is 4.96. The molecule has 23 heavy (non-hydrogen) atoms. The summed E-state index contributed by atoms with van der Waals surface area (Å²) in [7, 11) is 0. The van der Waals surface area contributed by atoms with Gasteiger partial charge in [-0.05, 0) is 36.8 Å². The number of hydrogen-bond donors (Lipinski definition) is 0. The molecule has 116 valence electrons. The van der Waals surface area contributed by atoms with E-state index in [1.807, 2.05) is 43.3 Å². The molecule has 0 heterocycles. The van der Waals surface area contributed by atoms with Gasteiger partial charge < -0.3 is 9.47 Å². The van der Waals surface area contributed by atoms with Gasteiger partial charge in [-0.2, -0.15) is 10.5 Å². The number of hydrogen-bond acceptors (Lipinski definition) is 4. The number of benzene rings is 2. The monoisotopic (exact) mass is 306 g/mol. The molecule has 0 N–H and O–H groups in total. The summed E-state index contributed by atoms with van der Waals surface area (Å²) < 4.78 is 11.1. The molecule has 0 radical (unpaired) electrons. The zero-order valence-electron chi connectivity index (χ0n) is 13.0. The van der Waals surface area contributed by atoms with Crippen molar-refractivity contribution in [2.45, 2.75) is 19.3 Å². The van der Waals surface area contributed by atoms with Gasteiger partial charge in [0.25, 0.3) is 0 Å². The Labute approximate surface area is 136 Å². The van der Waals surface area contributed by atoms with Crippen LogP contribution in [0, 0.1) is 22.7 Å². The van der Waals surface area contributed by atoms with E-state index >= 15 is 0 Å². The van der Waals surface area contributed by atoms with Crippen LogP contribution >= 0.6 is 0 Å². The van der Waals surface area contributed by atoms with Crippen LogP contribution in [0.2, 0.25) is 0 Å². The van der Waals surface area contributed by atoms with Crippen molar-refractivity contribution >= 4 is 0 Å². The number of rotatable bonds is 7. The minimum absolute atomic E-state index is 0.252. The van der Waals surface area contributed by atoms with E-state index < -0.39 is 0 Å². The molecule has 1 unspecified atom stereocenters. The third kappa shape index (κ3) is 4.76. The molecule has 0 aliphatic heterocycles. The van der Waals surface area contributed by atoms with Gasteiger partial charge in [-0.25, -0.2) is 0 Å². The van der Waals surface area contributed by atoms with Crippen LogP contribution < -0.4 is 9.47 Å². The number of ether oxygens (including phenoxy) is 2. The van der Waals surface area contributed by atoms with Crippen LogP contribution in [-0.4, -0.2) is 13.2 Å². The van der Waals surface area contributed by atoms with Crippen molar-refractivity contribution in [3.8, 4) is 23.6 Å². The van der Waals surface area contributed by atoms with E-state index in [1.165, 1.54) is 0 Å². The first-order valence-corrected chi connectivity index (χ1v) is 7.52. The average molecular weight is 306 g/mol. The molecular weight excluding hydrogens is 288 g/mol. The Morgan fingerprint density at radius 1 is 1.00 bits per heavy atom. The van der Waals surface area contributed by atoms with E-state index in [-0.39, 0.29) is 5.92 Å². The Morgan fingerprint density at radius 3 is 2.30 bits per heavy atom. The van der Waals surface area contributed by atoms with Gasteiger partial charge in [-0.1, -0.05) is 18.2 Å². The lowest BCUT2D eigenvalue weighted by atomic mass is 9.97. The number of nitriles is 2. The maximum Gasteiger partial charge on any atom is 0.122 e. The molecule has 0 fully saturated rings. The van der Waals surface area contributed by atoms with E-state index in [2.05, 4.69) is 12.1 Å². The van der Waals surface area contributed by atoms with Gasteiger partial charge in [0.2, 0.25) is 0 Å². The Balaban J connectivity index is 1.92. The normalized spacial score (nSPS) is 11.1. The second-order valence-electron chi connectivity index (χ2n) is 4.96. The Kier molecular flexibility index (Phi) is 6.03. The topological polar surface area (TPSA) is 66.0 Å². The first-order valence-electron chi connectivity index (χ1n) is 7.52. The van der Waals surface area contributed by atoms with Crippen molar-refractivity contribution in [2.24, 2.45) is 0 Å². The molecule has 0 amide bonds. The largest absolute Gasteiger partial charge is 0.494 e. The molecule has 2 rings (SSSR count). The van der Waals surface area contributed by atoms with Crippen LogP contribution in [0.5, 0.6) is 11.5 Å². The van der Waals surface area contributed by atoms with Crippen LogP contribution in [0.4, 0.5) is 0 Å². The number of nitrogens with zero attached hydrogens (tertiary/aromatic N) is 2. The third-order valence-electron chi connectivity index (χ3n) is 3.39. The van der Waals surface area contributed by atoms with Crippen LogP contribution in [0.3, 0.4) is 0 Å². The Morgan fingerprint density at radius 2 is 1.70 bits per heavy atom. The van der Waals surface area contributed by atoms with Crippen molar-refractivity contribution < 1.29 is 9.47 Å². The quantitative estimate of drug-likeness (QED) is 0.774. The lowest BCUT2D eigenvalue weighted by molar-refractivity contribution is 0.300. The van der Waals surface area contributed by atoms with Crippen molar-refractivity contribution in [1.29, 1.82) is 10.5 Å². The van der Waals surface area contributed by atoms with Crippen LogP contribution in [0.1, 0.15) is 30.4 Å². The highest BCUT2D eigenvalue weighted by Gasteiger charge is 2.11. The molecule has 4 heteroatoms. The molecule has 4 nitrogen and oxygen atoms in total. The summed E-state index contributed by atoms with van der Waals surface area (Å²) in [4.78, 5) is 0. The maximum atomic E-state index is 9.33. The smallest absolute Gasteiger partial charge is 0.122 e. The highest BCUT2D eigenvalue weighted by molar-refractivity contribution is 5.35. The third-order valence-corrected chi connectivity index (χ3v) is 3.39. The van der Waals surface area contributed by atoms with Gasteiger partial charge in [0.05, 0.1) is 36.8 Å². The van der Waals surface area contributed by atoms with E-state index in [0.717, 1.165) is 17.1 Å². The molecule has 0 saturated carbocycles. The van der Waals surface area contributed by atoms with Gasteiger partial charge in [-0.3, -0.25) is 0 Å². The summed E-state index contributed by atoms with van der Waals surface area (Å²) in [5, 5.41) is 18.1. The molecule has 0 aromatic heterocycles. The van der Waals surface area contributed by atoms with Crippen LogP contribution in [-0.2, 0) is 0 Å². The fourth-order valence-electron chi connectivity index (χ4n) is 2.21. The van der Waals surface area contributed by atoms with Gasteiger partial charge in [0.1, 0.15) is 11.5 Å². The lowest BCUT2D eigenvalue weighted by Crippen LogP contribution is -2.04. The molecular formula is C19H18N2O2. The van der Waals surface area contributed by atoms with Crippen molar-refractivity contribution in [3.05, 3.63) is 59.7 Å². The summed E-state index contributed by atoms with van der Waals surface area (Å²) in [5.74, 6) is 1.25. The predicted octanol–water partition coefficient (Wildman–Crippen LogP) is 4.03. The SMILES string of the molecule is CCOc1cccc(OCCC(C#N)c2ccc(C#N)cc2)c1. The lowest BCUT2D eigenvalue weighted by Gasteiger charge is -2.12. The predicted molar refractivity (Wildman–Crippen MR) is 87.2 cm³/mol. The molecule has 1 atom stereocenters. The fourth-order valence-corrected chi connectivity index (χ4v) is 2.21. The first-order chi connectivity index (χ1) is 11.3. The second kappa shape index (κ2) is 8.46. The minimum atomic E-state index is -0.252. The highest BCUT2D eigenvalue weighted by Crippen LogP contribution is 2.22. The molecule has 0 bridgehead atoms. The molecule has 2 aromatic rings. The zero-order valence-corrected chi connectivity index (χ0v) is 13.0. The van der Waals surface area contributed by atoms with Gasteiger partial charge >= 0.3 is 0 Å². The summed E-state index contributed by atoms with van der Waals surface area (Å²) in [5.41, 5.74) is 1.49. The first kappa shape index (κ1) is 16.4. The van der Waals surface area contributed by atoms with Gasteiger partial charge in [0, 0.05) is 12.5 Å². The zero-order chi connectivity index (χ0) is 16.5. The van der Waals surface area contributed by atoms with Crippen molar-refractivity contribution in [3.63, 3.8) is 0 Å². The molecule has 0 spiro atoms. The summed E-state index contributed by atoms with van der Waals surface area (Å²) in [6, 6.07) is 18.9. The van der Waals surface area contributed by atoms with Crippen LogP contribution in [0.15, 0.2) is 48.5 Å². The van der Waals surface area contributed by atoms with E-state index in [1.54, 1.807) is 12.1 Å². The van der Waals surface area contributed by atoms with E-state index in [0.29, 0.717) is 25.2 Å². The van der Waals surface area contributed by atoms with Gasteiger partial charge in [-0.15, -0.1) is 0 Å². The van der Waals surface area contributed by atoms with Gasteiger partial charge in [0.15, 0.2) is 0 Å². The van der Waals surface area contributed by atoms with Crippen molar-refractivity contribution in [1.82, 2.24) is 0 Å². The summed E-state index contributed by atoms with van der Waals surface area (Å²) in [6.45, 7) is 2.98. The Bertz CT molecular complexity index is 711. The molecule has 2 aromatic carbocycles. The van der Waals surface area contributed by atoms with Crippen molar-refractivity contribution in [2.75, 3.05) is 13.2 Å². The molecule has 0 aliphatic carbocycles. The minimum Gasteiger partial charge on any atom is -0.494 e. The standard InChI is InChI=1S/C19H18N2O2/c1-2-22-18-4-3-5-19(12-18)23-11-10-17(14-21)16-8-6-15(13-20)7-9-16/h3-9,12,17H,2,10-11H2,1H3.